The van der Waals surface area contributed by atoms with Crippen LogP contribution in [0.25, 0.3) is 11.1 Å². The Morgan fingerprint density at radius 2 is 1.94 bits per heavy atom. The lowest BCUT2D eigenvalue weighted by Crippen LogP contribution is -1.93. The van der Waals surface area contributed by atoms with Crippen LogP contribution in [0.5, 0.6) is 5.75 Å². The van der Waals surface area contributed by atoms with Crippen LogP contribution in [0, 0.1) is 6.92 Å². The van der Waals surface area contributed by atoms with Gasteiger partial charge in [0.15, 0.2) is 0 Å². The van der Waals surface area contributed by atoms with Crippen molar-refractivity contribution >= 4 is 0 Å². The summed E-state index contributed by atoms with van der Waals surface area (Å²) in [6.07, 6.45) is 0. The van der Waals surface area contributed by atoms with Crippen molar-refractivity contribution in [1.29, 1.82) is 0 Å². The van der Waals surface area contributed by atoms with E-state index in [1.807, 2.05) is 0 Å². The fourth-order valence-electron chi connectivity index (χ4n) is 1.73. The van der Waals surface area contributed by atoms with Crippen LogP contribution in [-0.4, -0.2) is 10.2 Å². The second kappa shape index (κ2) is 4.37. The highest BCUT2D eigenvalue weighted by atomic mass is 16.3. The van der Waals surface area contributed by atoms with Gasteiger partial charge in [-0.2, -0.15) is 0 Å². The molecule has 2 rings (SSSR count). The van der Waals surface area contributed by atoms with Gasteiger partial charge in [-0.05, 0) is 29.7 Å². The minimum Gasteiger partial charge on any atom is -0.507 e. The third-order valence-corrected chi connectivity index (χ3v) is 2.61. The van der Waals surface area contributed by atoms with Gasteiger partial charge in [-0.1, -0.05) is 36.4 Å². The van der Waals surface area contributed by atoms with E-state index < -0.39 is 0 Å². The van der Waals surface area contributed by atoms with Crippen molar-refractivity contribution in [1.82, 2.24) is 0 Å². The van der Waals surface area contributed by atoms with Gasteiger partial charge < -0.3 is 10.2 Å². The van der Waals surface area contributed by atoms with Gasteiger partial charge in [-0.25, -0.2) is 0 Å². The molecular formula is C14H14O2. The summed E-state index contributed by atoms with van der Waals surface area (Å²) in [5, 5.41) is 19.3. The summed E-state index contributed by atoms with van der Waals surface area (Å²) >= 11 is 0. The summed E-state index contributed by atoms with van der Waals surface area (Å²) in [6, 6.07) is 8.49. The average Bonchev–Trinajstić information content (AvgIpc) is 2.36. The minimum atomic E-state index is -0.221. The first kappa shape index (κ1) is 8.36. The molecule has 0 heterocycles. The van der Waals surface area contributed by atoms with Crippen LogP contribution in [0.2, 0.25) is 0 Å². The monoisotopic (exact) mass is 216 g/mol. The first-order valence-electron chi connectivity index (χ1n) is 6.05. The Kier molecular flexibility index (Phi) is 2.28. The van der Waals surface area contributed by atoms with Gasteiger partial charge in [0.25, 0.3) is 0 Å². The van der Waals surface area contributed by atoms with Crippen LogP contribution < -0.4 is 0 Å². The Balaban J connectivity index is 2.76. The number of phenolic OH excluding ortho intramolecular Hbond substituents is 1. The summed E-state index contributed by atoms with van der Waals surface area (Å²) in [7, 11) is 0. The second-order valence-corrected chi connectivity index (χ2v) is 3.61. The maximum atomic E-state index is 9.85. The highest BCUT2D eigenvalue weighted by molar-refractivity contribution is 5.73. The van der Waals surface area contributed by atoms with E-state index >= 15 is 0 Å². The average molecular weight is 216 g/mol. The number of aliphatic hydroxyl groups excluding tert-OH is 1. The van der Waals surface area contributed by atoms with E-state index in [1.165, 1.54) is 6.07 Å². The van der Waals surface area contributed by atoms with Crippen molar-refractivity contribution < 1.29 is 13.0 Å². The Labute approximate surface area is 97.6 Å². The van der Waals surface area contributed by atoms with E-state index in [1.54, 1.807) is 31.2 Å². The third kappa shape index (κ3) is 1.79. The van der Waals surface area contributed by atoms with E-state index in [2.05, 4.69) is 0 Å². The predicted molar refractivity (Wildman–Crippen MR) is 64.2 cm³/mol. The topological polar surface area (TPSA) is 40.5 Å². The number of para-hydroxylation sites is 1. The van der Waals surface area contributed by atoms with Crippen molar-refractivity contribution in [3.05, 3.63) is 53.5 Å². The lowest BCUT2D eigenvalue weighted by Gasteiger charge is -2.11. The molecule has 2 nitrogen and oxygen atoms in total. The van der Waals surface area contributed by atoms with Crippen molar-refractivity contribution in [2.45, 2.75) is 13.5 Å². The highest BCUT2D eigenvalue weighted by Crippen LogP contribution is 2.32. The molecule has 0 aliphatic carbocycles. The van der Waals surface area contributed by atoms with Gasteiger partial charge >= 0.3 is 0 Å². The molecule has 16 heavy (non-hydrogen) atoms. The van der Waals surface area contributed by atoms with Crippen LogP contribution >= 0.6 is 0 Å². The molecule has 0 aromatic heterocycles. The second-order valence-electron chi connectivity index (χ2n) is 3.61. The Hall–Kier alpha value is -1.80. The lowest BCUT2D eigenvalue weighted by atomic mass is 9.96. The molecule has 2 aromatic rings. The number of hydrogen-bond donors (Lipinski definition) is 2. The molecular weight excluding hydrogens is 200 g/mol. The molecule has 0 saturated carbocycles. The number of phenols is 1. The Morgan fingerprint density at radius 3 is 2.62 bits per heavy atom. The fraction of sp³-hybridized carbons (Fsp3) is 0.143. The van der Waals surface area contributed by atoms with Gasteiger partial charge in [-0.15, -0.1) is 0 Å². The van der Waals surface area contributed by atoms with E-state index in [9.17, 15) is 10.2 Å². The molecule has 0 amide bonds. The zero-order valence-corrected chi connectivity index (χ0v) is 8.99. The molecule has 0 unspecified atom stereocenters. The number of aliphatic hydroxyl groups is 1. The summed E-state index contributed by atoms with van der Waals surface area (Å²) in [4.78, 5) is 0. The first-order chi connectivity index (χ1) is 8.56. The van der Waals surface area contributed by atoms with Crippen LogP contribution in [0.15, 0.2) is 42.4 Å². The standard InChI is InChI=1S/C14H14O2/c1-10-5-4-7-11(13(10)9-15)12-6-2-3-8-14(12)16/h2-8,15-16H,9H2,1H3/i4D,5D. The van der Waals surface area contributed by atoms with Crippen LogP contribution in [0.3, 0.4) is 0 Å². The fourth-order valence-corrected chi connectivity index (χ4v) is 1.73. The zero-order valence-electron chi connectivity index (χ0n) is 11.0. The van der Waals surface area contributed by atoms with Crippen molar-refractivity contribution in [2.75, 3.05) is 0 Å². The summed E-state index contributed by atoms with van der Waals surface area (Å²) in [6.45, 7) is 1.48. The predicted octanol–water partition coefficient (Wildman–Crippen LogP) is 2.86. The van der Waals surface area contributed by atoms with E-state index in [0.29, 0.717) is 22.3 Å². The van der Waals surface area contributed by atoms with E-state index in [-0.39, 0.29) is 24.4 Å². The van der Waals surface area contributed by atoms with Gasteiger partial charge in [0, 0.05) is 5.56 Å². The molecule has 0 aliphatic rings. The maximum absolute atomic E-state index is 9.85. The van der Waals surface area contributed by atoms with Crippen molar-refractivity contribution in [3.8, 4) is 16.9 Å². The number of rotatable bonds is 2. The number of hydrogen-bond acceptors (Lipinski definition) is 2. The van der Waals surface area contributed by atoms with Crippen molar-refractivity contribution in [2.24, 2.45) is 0 Å². The quantitative estimate of drug-likeness (QED) is 0.810. The molecule has 2 aromatic carbocycles. The summed E-state index contributed by atoms with van der Waals surface area (Å²) in [5.74, 6) is 0.101. The summed E-state index contributed by atoms with van der Waals surface area (Å²) in [5.41, 5.74) is 2.33. The molecule has 0 bridgehead atoms. The van der Waals surface area contributed by atoms with Crippen LogP contribution in [0.1, 0.15) is 13.9 Å². The van der Waals surface area contributed by atoms with E-state index in [4.69, 9.17) is 2.74 Å². The first-order valence-corrected chi connectivity index (χ1v) is 5.05. The molecule has 82 valence electrons. The molecule has 2 heteroatoms. The Bertz CT molecular complexity index is 595. The molecule has 0 aliphatic heterocycles. The SMILES string of the molecule is [2H]c1cc(-c2ccccc2O)c(CO)c(C)c1[2H]. The molecule has 0 spiro atoms. The third-order valence-electron chi connectivity index (χ3n) is 2.61. The number of aromatic hydroxyl groups is 1. The van der Waals surface area contributed by atoms with Gasteiger partial charge in [0.2, 0.25) is 0 Å². The molecule has 0 fully saturated rings. The van der Waals surface area contributed by atoms with Gasteiger partial charge in [0.1, 0.15) is 5.75 Å². The van der Waals surface area contributed by atoms with Crippen molar-refractivity contribution in [3.63, 3.8) is 0 Å². The Morgan fingerprint density at radius 1 is 1.19 bits per heavy atom. The highest BCUT2D eigenvalue weighted by Gasteiger charge is 2.09. The van der Waals surface area contributed by atoms with Gasteiger partial charge in [0.05, 0.1) is 9.35 Å². The smallest absolute Gasteiger partial charge is 0.123 e. The maximum Gasteiger partial charge on any atom is 0.123 e. The number of benzene rings is 2. The lowest BCUT2D eigenvalue weighted by molar-refractivity contribution is 0.281. The largest absolute Gasteiger partial charge is 0.507 e. The van der Waals surface area contributed by atoms with Crippen LogP contribution in [0.4, 0.5) is 0 Å². The molecule has 2 N–H and O–H groups in total. The van der Waals surface area contributed by atoms with Crippen LogP contribution in [-0.2, 0) is 6.61 Å². The molecule has 0 saturated heterocycles. The molecule has 0 radical (unpaired) electrons. The summed E-state index contributed by atoms with van der Waals surface area (Å²) < 4.78 is 15.5. The van der Waals surface area contributed by atoms with E-state index in [0.717, 1.165) is 0 Å². The zero-order chi connectivity index (χ0) is 13.3. The molecule has 0 atom stereocenters. The normalized spacial score (nSPS) is 12.1. The minimum absolute atomic E-state index is 0.0861. The van der Waals surface area contributed by atoms with Gasteiger partial charge in [-0.3, -0.25) is 0 Å².